The monoisotopic (exact) mass is 273 g/mol. The zero-order chi connectivity index (χ0) is 14.5. The highest BCUT2D eigenvalue weighted by Crippen LogP contribution is 2.16. The average molecular weight is 273 g/mol. The van der Waals surface area contributed by atoms with Crippen LogP contribution in [-0.4, -0.2) is 27.2 Å². The molecule has 2 heterocycles. The summed E-state index contributed by atoms with van der Waals surface area (Å²) in [5.74, 6) is -0.201. The van der Waals surface area contributed by atoms with Crippen molar-refractivity contribution in [3.05, 3.63) is 41.5 Å². The van der Waals surface area contributed by atoms with Crippen molar-refractivity contribution >= 4 is 11.6 Å². The molecule has 0 spiro atoms. The van der Waals surface area contributed by atoms with Gasteiger partial charge >= 0.3 is 0 Å². The van der Waals surface area contributed by atoms with Gasteiger partial charge in [0.25, 0.3) is 5.91 Å². The quantitative estimate of drug-likeness (QED) is 0.848. The molecule has 2 rings (SSSR count). The summed E-state index contributed by atoms with van der Waals surface area (Å²) in [7, 11) is 1.73. The number of hydrogen-bond donors (Lipinski definition) is 2. The van der Waals surface area contributed by atoms with Crippen LogP contribution in [0.1, 0.15) is 28.8 Å². The largest absolute Gasteiger partial charge is 0.395 e. The minimum atomic E-state index is -0.201. The maximum absolute atomic E-state index is 12.1. The Labute approximate surface area is 118 Å². The van der Waals surface area contributed by atoms with Crippen LogP contribution in [0.4, 0.5) is 5.69 Å². The van der Waals surface area contributed by atoms with Gasteiger partial charge in [-0.15, -0.1) is 0 Å². The van der Waals surface area contributed by atoms with Crippen molar-refractivity contribution in [3.63, 3.8) is 0 Å². The predicted molar refractivity (Wildman–Crippen MR) is 77.3 cm³/mol. The molecule has 20 heavy (non-hydrogen) atoms. The van der Waals surface area contributed by atoms with Crippen LogP contribution in [0.2, 0.25) is 0 Å². The molecule has 106 valence electrons. The molecule has 0 fully saturated rings. The van der Waals surface area contributed by atoms with Crippen molar-refractivity contribution in [2.45, 2.75) is 19.8 Å². The molecule has 0 saturated heterocycles. The van der Waals surface area contributed by atoms with Crippen LogP contribution in [0, 0.1) is 0 Å². The highest BCUT2D eigenvalue weighted by molar-refractivity contribution is 5.97. The summed E-state index contributed by atoms with van der Waals surface area (Å²) in [5, 5.41) is 7.08. The average Bonchev–Trinajstić information content (AvgIpc) is 2.74. The fraction of sp³-hybridized carbons (Fsp3) is 0.357. The van der Waals surface area contributed by atoms with Gasteiger partial charge in [-0.05, 0) is 18.6 Å². The van der Waals surface area contributed by atoms with Gasteiger partial charge < -0.3 is 11.1 Å². The predicted octanol–water partition coefficient (Wildman–Crippen LogP) is 0.932. The maximum Gasteiger partial charge on any atom is 0.271 e. The van der Waals surface area contributed by atoms with E-state index < -0.39 is 0 Å². The lowest BCUT2D eigenvalue weighted by Gasteiger charge is -2.06. The highest BCUT2D eigenvalue weighted by Gasteiger charge is 2.18. The number of carbonyl (C=O) groups excluding carboxylic acids is 1. The Morgan fingerprint density at radius 3 is 2.85 bits per heavy atom. The number of nitrogens with zero attached hydrogens (tertiary/aromatic N) is 3. The topological polar surface area (TPSA) is 85.8 Å². The SMILES string of the molecule is CCc1nn(C)c(C(=O)NCCc2ccccn2)c1N. The maximum atomic E-state index is 12.1. The van der Waals surface area contributed by atoms with Gasteiger partial charge in [-0.2, -0.15) is 5.10 Å². The summed E-state index contributed by atoms with van der Waals surface area (Å²) in [6.07, 6.45) is 3.13. The number of anilines is 1. The smallest absolute Gasteiger partial charge is 0.271 e. The van der Waals surface area contributed by atoms with Crippen LogP contribution in [-0.2, 0) is 19.9 Å². The van der Waals surface area contributed by atoms with Crippen LogP contribution in [0.5, 0.6) is 0 Å². The van der Waals surface area contributed by atoms with Gasteiger partial charge in [0, 0.05) is 31.9 Å². The molecule has 0 radical (unpaired) electrons. The second kappa shape index (κ2) is 6.18. The van der Waals surface area contributed by atoms with E-state index in [2.05, 4.69) is 15.4 Å². The van der Waals surface area contributed by atoms with Crippen molar-refractivity contribution < 1.29 is 4.79 Å². The second-order valence-electron chi connectivity index (χ2n) is 4.51. The van der Waals surface area contributed by atoms with Gasteiger partial charge in [0.05, 0.1) is 11.4 Å². The Bertz CT molecular complexity index is 591. The minimum Gasteiger partial charge on any atom is -0.395 e. The van der Waals surface area contributed by atoms with E-state index >= 15 is 0 Å². The molecule has 0 aliphatic rings. The zero-order valence-electron chi connectivity index (χ0n) is 11.8. The van der Waals surface area contributed by atoms with Crippen molar-refractivity contribution in [1.82, 2.24) is 20.1 Å². The van der Waals surface area contributed by atoms with Crippen LogP contribution in [0.15, 0.2) is 24.4 Å². The lowest BCUT2D eigenvalue weighted by Crippen LogP contribution is -2.28. The zero-order valence-corrected chi connectivity index (χ0v) is 11.8. The van der Waals surface area contributed by atoms with Crippen LogP contribution in [0.25, 0.3) is 0 Å². The molecule has 2 aromatic rings. The molecule has 3 N–H and O–H groups in total. The van der Waals surface area contributed by atoms with E-state index in [1.807, 2.05) is 25.1 Å². The van der Waals surface area contributed by atoms with E-state index in [1.165, 1.54) is 4.68 Å². The van der Waals surface area contributed by atoms with Crippen molar-refractivity contribution in [3.8, 4) is 0 Å². The Morgan fingerprint density at radius 2 is 2.25 bits per heavy atom. The van der Waals surface area contributed by atoms with Crippen LogP contribution < -0.4 is 11.1 Å². The molecule has 6 heteroatoms. The summed E-state index contributed by atoms with van der Waals surface area (Å²) >= 11 is 0. The molecular formula is C14H19N5O. The fourth-order valence-corrected chi connectivity index (χ4v) is 2.06. The highest BCUT2D eigenvalue weighted by atomic mass is 16.2. The molecule has 0 atom stereocenters. The van der Waals surface area contributed by atoms with Gasteiger partial charge in [-0.1, -0.05) is 13.0 Å². The Morgan fingerprint density at radius 1 is 1.45 bits per heavy atom. The first-order valence-corrected chi connectivity index (χ1v) is 6.63. The van der Waals surface area contributed by atoms with Gasteiger partial charge in [0.1, 0.15) is 5.69 Å². The van der Waals surface area contributed by atoms with Crippen molar-refractivity contribution in [2.75, 3.05) is 12.3 Å². The molecule has 6 nitrogen and oxygen atoms in total. The molecule has 0 aromatic carbocycles. The van der Waals surface area contributed by atoms with E-state index in [4.69, 9.17) is 5.73 Å². The van der Waals surface area contributed by atoms with Crippen molar-refractivity contribution in [2.24, 2.45) is 7.05 Å². The summed E-state index contributed by atoms with van der Waals surface area (Å²) in [4.78, 5) is 16.3. The third-order valence-corrected chi connectivity index (χ3v) is 3.10. The molecule has 0 aliphatic carbocycles. The number of rotatable bonds is 5. The second-order valence-corrected chi connectivity index (χ2v) is 4.51. The van der Waals surface area contributed by atoms with E-state index in [0.29, 0.717) is 30.8 Å². The molecular weight excluding hydrogens is 254 g/mol. The number of amides is 1. The van der Waals surface area contributed by atoms with E-state index in [-0.39, 0.29) is 5.91 Å². The van der Waals surface area contributed by atoms with E-state index in [0.717, 1.165) is 11.4 Å². The number of hydrogen-bond acceptors (Lipinski definition) is 4. The first-order chi connectivity index (χ1) is 9.63. The standard InChI is InChI=1S/C14H19N5O/c1-3-11-12(15)13(19(2)18-11)14(20)17-9-7-10-6-4-5-8-16-10/h4-6,8H,3,7,9,15H2,1-2H3,(H,17,20). The van der Waals surface area contributed by atoms with Gasteiger partial charge in [-0.25, -0.2) is 0 Å². The third-order valence-electron chi connectivity index (χ3n) is 3.10. The number of carbonyl (C=O) groups is 1. The van der Waals surface area contributed by atoms with E-state index in [9.17, 15) is 4.79 Å². The number of pyridine rings is 1. The fourth-order valence-electron chi connectivity index (χ4n) is 2.06. The van der Waals surface area contributed by atoms with E-state index in [1.54, 1.807) is 13.2 Å². The Hall–Kier alpha value is -2.37. The van der Waals surface area contributed by atoms with Gasteiger partial charge in [0.15, 0.2) is 0 Å². The Balaban J connectivity index is 1.97. The molecule has 1 amide bonds. The first-order valence-electron chi connectivity index (χ1n) is 6.63. The molecule has 0 bridgehead atoms. The Kier molecular flexibility index (Phi) is 4.34. The summed E-state index contributed by atoms with van der Waals surface area (Å²) in [6, 6.07) is 5.72. The lowest BCUT2D eigenvalue weighted by molar-refractivity contribution is 0.0945. The molecule has 0 saturated carbocycles. The first kappa shape index (κ1) is 14.0. The lowest BCUT2D eigenvalue weighted by atomic mass is 10.2. The van der Waals surface area contributed by atoms with Gasteiger partial charge in [-0.3, -0.25) is 14.5 Å². The summed E-state index contributed by atoms with van der Waals surface area (Å²) < 4.78 is 1.53. The van der Waals surface area contributed by atoms with Crippen molar-refractivity contribution in [1.29, 1.82) is 0 Å². The summed E-state index contributed by atoms with van der Waals surface area (Å²) in [5.41, 5.74) is 8.52. The van der Waals surface area contributed by atoms with Crippen LogP contribution >= 0.6 is 0 Å². The number of aryl methyl sites for hydroxylation is 2. The van der Waals surface area contributed by atoms with Crippen LogP contribution in [0.3, 0.4) is 0 Å². The van der Waals surface area contributed by atoms with Gasteiger partial charge in [0.2, 0.25) is 0 Å². The number of aromatic nitrogens is 3. The molecule has 0 unspecified atom stereocenters. The number of nitrogens with one attached hydrogen (secondary N) is 1. The summed E-state index contributed by atoms with van der Waals surface area (Å²) in [6.45, 7) is 2.48. The number of nitrogens with two attached hydrogens (primary N) is 1. The normalized spacial score (nSPS) is 10.5. The molecule has 2 aromatic heterocycles. The number of nitrogen functional groups attached to an aromatic ring is 1. The molecule has 0 aliphatic heterocycles. The minimum absolute atomic E-state index is 0.201. The third kappa shape index (κ3) is 2.96.